The van der Waals surface area contributed by atoms with Crippen LogP contribution in [0.25, 0.3) is 0 Å². The molecule has 9 heteroatoms. The van der Waals surface area contributed by atoms with Crippen LogP contribution in [0.2, 0.25) is 0 Å². The number of H-pyrrole nitrogens is 1. The molecule has 0 saturated heterocycles. The molecule has 23 heavy (non-hydrogen) atoms. The van der Waals surface area contributed by atoms with Gasteiger partial charge in [0.15, 0.2) is 0 Å². The fourth-order valence-corrected chi connectivity index (χ4v) is 1.96. The molecule has 2 aromatic heterocycles. The van der Waals surface area contributed by atoms with Crippen molar-refractivity contribution in [1.29, 1.82) is 0 Å². The molecular weight excluding hydrogens is 300 g/mol. The van der Waals surface area contributed by atoms with Crippen molar-refractivity contribution in [3.8, 4) is 0 Å². The van der Waals surface area contributed by atoms with E-state index in [2.05, 4.69) is 20.6 Å². The zero-order valence-corrected chi connectivity index (χ0v) is 13.5. The quantitative estimate of drug-likeness (QED) is 0.699. The van der Waals surface area contributed by atoms with Crippen molar-refractivity contribution in [2.75, 3.05) is 5.32 Å². The lowest BCUT2D eigenvalue weighted by Gasteiger charge is -2.19. The number of ether oxygens (including phenoxy) is 1. The Hall–Kier alpha value is -2.84. The van der Waals surface area contributed by atoms with E-state index in [9.17, 15) is 9.59 Å². The van der Waals surface area contributed by atoms with Crippen LogP contribution in [0.15, 0.2) is 12.4 Å². The van der Waals surface area contributed by atoms with Gasteiger partial charge in [-0.15, -0.1) is 0 Å². The molecule has 1 amide bonds. The van der Waals surface area contributed by atoms with E-state index in [0.29, 0.717) is 17.1 Å². The van der Waals surface area contributed by atoms with Crippen LogP contribution in [0.1, 0.15) is 47.2 Å². The molecule has 0 aliphatic heterocycles. The van der Waals surface area contributed by atoms with Crippen molar-refractivity contribution in [2.45, 2.75) is 32.9 Å². The van der Waals surface area contributed by atoms with E-state index < -0.39 is 17.5 Å². The average molecular weight is 320 g/mol. The fourth-order valence-electron chi connectivity index (χ4n) is 1.96. The van der Waals surface area contributed by atoms with E-state index in [1.165, 1.54) is 12.4 Å². The normalized spacial score (nSPS) is 11.3. The molecule has 2 rings (SSSR count). The van der Waals surface area contributed by atoms with Gasteiger partial charge in [0, 0.05) is 7.05 Å². The summed E-state index contributed by atoms with van der Waals surface area (Å²) in [5.74, 6) is -0.672. The summed E-state index contributed by atoms with van der Waals surface area (Å²) in [6, 6.07) is 0. The van der Waals surface area contributed by atoms with E-state index >= 15 is 0 Å². The van der Waals surface area contributed by atoms with Crippen LogP contribution in [0.3, 0.4) is 0 Å². The monoisotopic (exact) mass is 320 g/mol. The lowest BCUT2D eigenvalue weighted by Crippen LogP contribution is -2.25. The predicted octanol–water partition coefficient (Wildman–Crippen LogP) is 0.810. The minimum absolute atomic E-state index is 0.242. The molecule has 0 atom stereocenters. The maximum Gasteiger partial charge on any atom is 0.342 e. The highest BCUT2D eigenvalue weighted by Gasteiger charge is 2.23. The van der Waals surface area contributed by atoms with Gasteiger partial charge in [0.2, 0.25) is 0 Å². The molecule has 0 spiro atoms. The van der Waals surface area contributed by atoms with Crippen LogP contribution in [-0.4, -0.2) is 37.5 Å². The lowest BCUT2D eigenvalue weighted by atomic mass is 10.2. The second-order valence-electron chi connectivity index (χ2n) is 6.01. The molecule has 0 unspecified atom stereocenters. The van der Waals surface area contributed by atoms with Gasteiger partial charge in [0.05, 0.1) is 24.6 Å². The van der Waals surface area contributed by atoms with Crippen molar-refractivity contribution in [2.24, 2.45) is 12.8 Å². The van der Waals surface area contributed by atoms with Crippen molar-refractivity contribution in [3.63, 3.8) is 0 Å². The van der Waals surface area contributed by atoms with Gasteiger partial charge < -0.3 is 15.8 Å². The molecule has 0 fully saturated rings. The molecule has 0 saturated carbocycles. The number of nitrogens with one attached hydrogen (secondary N) is 2. The van der Waals surface area contributed by atoms with Gasteiger partial charge in [-0.3, -0.25) is 14.6 Å². The summed E-state index contributed by atoms with van der Waals surface area (Å²) in [4.78, 5) is 23.5. The number of hydrogen-bond acceptors (Lipinski definition) is 6. The first-order chi connectivity index (χ1) is 10.7. The standard InChI is InChI=1S/C14H20N6O3/c1-14(2,3)23-13(22)8-6-18-20(4)10(8)7-16-12-9(11(15)21)5-17-19-12/h5-6H,7H2,1-4H3,(H2,15,21)(H2,16,17,19). The summed E-state index contributed by atoms with van der Waals surface area (Å²) >= 11 is 0. The predicted molar refractivity (Wildman–Crippen MR) is 82.8 cm³/mol. The summed E-state index contributed by atoms with van der Waals surface area (Å²) in [5.41, 5.74) is 5.87. The van der Waals surface area contributed by atoms with Gasteiger partial charge in [0.1, 0.15) is 22.5 Å². The molecule has 0 radical (unpaired) electrons. The van der Waals surface area contributed by atoms with Gasteiger partial charge in [-0.2, -0.15) is 10.2 Å². The average Bonchev–Trinajstić information content (AvgIpc) is 3.00. The van der Waals surface area contributed by atoms with Gasteiger partial charge >= 0.3 is 5.97 Å². The Morgan fingerprint density at radius 1 is 1.35 bits per heavy atom. The third-order valence-electron chi connectivity index (χ3n) is 3.02. The highest BCUT2D eigenvalue weighted by atomic mass is 16.6. The van der Waals surface area contributed by atoms with E-state index in [-0.39, 0.29) is 12.1 Å². The molecule has 2 heterocycles. The number of nitrogens with zero attached hydrogens (tertiary/aromatic N) is 3. The molecule has 124 valence electrons. The SMILES string of the molecule is Cn1ncc(C(=O)OC(C)(C)C)c1CNc1[nH]ncc1C(N)=O. The van der Waals surface area contributed by atoms with Crippen LogP contribution in [0.5, 0.6) is 0 Å². The van der Waals surface area contributed by atoms with E-state index in [0.717, 1.165) is 0 Å². The van der Waals surface area contributed by atoms with Crippen LogP contribution in [0, 0.1) is 0 Å². The Bertz CT molecular complexity index is 725. The molecule has 0 aliphatic carbocycles. The van der Waals surface area contributed by atoms with E-state index in [1.54, 1.807) is 32.5 Å². The number of nitrogens with two attached hydrogens (primary N) is 1. The summed E-state index contributed by atoms with van der Waals surface area (Å²) < 4.78 is 6.92. The molecule has 0 bridgehead atoms. The first kappa shape index (κ1) is 16.5. The number of rotatable bonds is 5. The van der Waals surface area contributed by atoms with Crippen LogP contribution >= 0.6 is 0 Å². The van der Waals surface area contributed by atoms with Gasteiger partial charge in [-0.05, 0) is 20.8 Å². The number of aryl methyl sites for hydroxylation is 1. The first-order valence-electron chi connectivity index (χ1n) is 7.00. The Labute approximate surface area is 133 Å². The molecule has 0 aliphatic rings. The number of carbonyl (C=O) groups is 2. The first-order valence-corrected chi connectivity index (χ1v) is 7.00. The third kappa shape index (κ3) is 3.87. The number of amides is 1. The number of carbonyl (C=O) groups excluding carboxylic acids is 2. The second kappa shape index (κ2) is 6.11. The van der Waals surface area contributed by atoms with Gasteiger partial charge in [-0.25, -0.2) is 4.79 Å². The fraction of sp³-hybridized carbons (Fsp3) is 0.429. The van der Waals surface area contributed by atoms with Gasteiger partial charge in [-0.1, -0.05) is 0 Å². The van der Waals surface area contributed by atoms with Crippen LogP contribution in [-0.2, 0) is 18.3 Å². The molecule has 9 nitrogen and oxygen atoms in total. The second-order valence-corrected chi connectivity index (χ2v) is 6.01. The number of hydrogen-bond donors (Lipinski definition) is 3. The topological polar surface area (TPSA) is 128 Å². The smallest absolute Gasteiger partial charge is 0.342 e. The summed E-state index contributed by atoms with van der Waals surface area (Å²) in [6.07, 6.45) is 2.79. The number of esters is 1. The zero-order chi connectivity index (χ0) is 17.2. The maximum atomic E-state index is 12.2. The highest BCUT2D eigenvalue weighted by Crippen LogP contribution is 2.17. The Morgan fingerprint density at radius 3 is 2.65 bits per heavy atom. The molecule has 2 aromatic rings. The third-order valence-corrected chi connectivity index (χ3v) is 3.02. The number of anilines is 1. The molecular formula is C14H20N6O3. The Kier molecular flexibility index (Phi) is 4.39. The van der Waals surface area contributed by atoms with Crippen molar-refractivity contribution in [3.05, 3.63) is 29.2 Å². The minimum atomic E-state index is -0.598. The van der Waals surface area contributed by atoms with Crippen molar-refractivity contribution in [1.82, 2.24) is 20.0 Å². The van der Waals surface area contributed by atoms with Gasteiger partial charge in [0.25, 0.3) is 5.91 Å². The largest absolute Gasteiger partial charge is 0.456 e. The number of primary amides is 1. The summed E-state index contributed by atoms with van der Waals surface area (Å²) in [7, 11) is 1.72. The molecule has 0 aromatic carbocycles. The Balaban J connectivity index is 2.17. The van der Waals surface area contributed by atoms with Crippen LogP contribution < -0.4 is 11.1 Å². The lowest BCUT2D eigenvalue weighted by molar-refractivity contribution is 0.00681. The number of aromatic amines is 1. The summed E-state index contributed by atoms with van der Waals surface area (Å²) in [5, 5.41) is 13.5. The minimum Gasteiger partial charge on any atom is -0.456 e. The molecule has 4 N–H and O–H groups in total. The van der Waals surface area contributed by atoms with Crippen molar-refractivity contribution >= 4 is 17.7 Å². The zero-order valence-electron chi connectivity index (χ0n) is 13.5. The van der Waals surface area contributed by atoms with Crippen molar-refractivity contribution < 1.29 is 14.3 Å². The maximum absolute atomic E-state index is 12.2. The van der Waals surface area contributed by atoms with Crippen LogP contribution in [0.4, 0.5) is 5.82 Å². The van der Waals surface area contributed by atoms with E-state index in [1.807, 2.05) is 0 Å². The Morgan fingerprint density at radius 2 is 2.04 bits per heavy atom. The highest BCUT2D eigenvalue weighted by molar-refractivity contribution is 5.97. The van der Waals surface area contributed by atoms with E-state index in [4.69, 9.17) is 10.5 Å². The summed E-state index contributed by atoms with van der Waals surface area (Å²) in [6.45, 7) is 5.63. The number of aromatic nitrogens is 4.